The summed E-state index contributed by atoms with van der Waals surface area (Å²) in [5.41, 5.74) is 4.01. The van der Waals surface area contributed by atoms with Gasteiger partial charge < -0.3 is 15.0 Å². The number of ether oxygens (including phenoxy) is 1. The minimum atomic E-state index is -0.714. The van der Waals surface area contributed by atoms with Crippen molar-refractivity contribution in [1.29, 1.82) is 0 Å². The first-order chi connectivity index (χ1) is 16.0. The van der Waals surface area contributed by atoms with E-state index in [0.29, 0.717) is 24.1 Å². The molecular weight excluding hydrogens is 412 g/mol. The number of nitrogens with one attached hydrogen (secondary N) is 1. The van der Waals surface area contributed by atoms with Crippen LogP contribution < -0.4 is 10.1 Å². The van der Waals surface area contributed by atoms with E-state index in [1.807, 2.05) is 36.4 Å². The number of amides is 1. The number of rotatable bonds is 5. The number of benzene rings is 2. The van der Waals surface area contributed by atoms with E-state index in [4.69, 9.17) is 4.74 Å². The second kappa shape index (κ2) is 8.94. The average molecular weight is 447 g/mol. The molecule has 2 aliphatic carbocycles. The van der Waals surface area contributed by atoms with Crippen molar-refractivity contribution < 1.29 is 14.3 Å². The van der Waals surface area contributed by atoms with Crippen LogP contribution in [-0.4, -0.2) is 42.5 Å². The number of hydrogen-bond donors (Lipinski definition) is 1. The summed E-state index contributed by atoms with van der Waals surface area (Å²) in [4.78, 5) is 27.4. The van der Waals surface area contributed by atoms with Gasteiger partial charge in [0.15, 0.2) is 0 Å². The van der Waals surface area contributed by atoms with Crippen molar-refractivity contribution in [1.82, 2.24) is 10.2 Å². The Bertz CT molecular complexity index is 1040. The van der Waals surface area contributed by atoms with Gasteiger partial charge in [0.1, 0.15) is 11.8 Å². The van der Waals surface area contributed by atoms with Crippen LogP contribution in [0.3, 0.4) is 0 Å². The normalized spacial score (nSPS) is 27.1. The molecule has 2 aromatic rings. The van der Waals surface area contributed by atoms with Gasteiger partial charge in [0, 0.05) is 24.8 Å². The van der Waals surface area contributed by atoms with Crippen molar-refractivity contribution in [2.45, 2.75) is 69.4 Å². The van der Waals surface area contributed by atoms with Crippen LogP contribution in [0.15, 0.2) is 48.5 Å². The van der Waals surface area contributed by atoms with Gasteiger partial charge in [-0.25, -0.2) is 4.79 Å². The van der Waals surface area contributed by atoms with Gasteiger partial charge >= 0.3 is 5.97 Å². The molecule has 5 rings (SSSR count). The monoisotopic (exact) mass is 446 g/mol. The Morgan fingerprint density at radius 3 is 2.76 bits per heavy atom. The van der Waals surface area contributed by atoms with Crippen molar-refractivity contribution >= 4 is 11.9 Å². The number of nitrogens with zero attached hydrogens (tertiary/aromatic N) is 1. The Morgan fingerprint density at radius 2 is 1.97 bits per heavy atom. The van der Waals surface area contributed by atoms with Crippen LogP contribution in [0.5, 0.6) is 5.75 Å². The van der Waals surface area contributed by atoms with Crippen LogP contribution in [0.1, 0.15) is 55.7 Å². The fourth-order valence-electron chi connectivity index (χ4n) is 6.72. The molecule has 0 spiro atoms. The fourth-order valence-corrected chi connectivity index (χ4v) is 6.72. The number of likely N-dealkylation sites (N-methyl/N-ethyl adjacent to an activating group) is 1. The maximum Gasteiger partial charge on any atom is 0.334 e. The van der Waals surface area contributed by atoms with E-state index >= 15 is 0 Å². The van der Waals surface area contributed by atoms with Gasteiger partial charge in [-0.15, -0.1) is 0 Å². The van der Waals surface area contributed by atoms with E-state index in [1.54, 1.807) is 0 Å². The summed E-state index contributed by atoms with van der Waals surface area (Å²) in [5.74, 6) is 0.635. The summed E-state index contributed by atoms with van der Waals surface area (Å²) in [7, 11) is 2.28. The van der Waals surface area contributed by atoms with E-state index in [-0.39, 0.29) is 11.3 Å². The highest BCUT2D eigenvalue weighted by molar-refractivity contribution is 5.84. The van der Waals surface area contributed by atoms with Crippen LogP contribution >= 0.6 is 0 Å². The van der Waals surface area contributed by atoms with Gasteiger partial charge in [0.25, 0.3) is 0 Å². The van der Waals surface area contributed by atoms with Crippen molar-refractivity contribution in [2.75, 3.05) is 13.6 Å². The first-order valence-corrected chi connectivity index (χ1v) is 12.3. The van der Waals surface area contributed by atoms with Gasteiger partial charge in [-0.05, 0) is 74.0 Å². The molecule has 1 aliphatic heterocycles. The van der Waals surface area contributed by atoms with Crippen molar-refractivity contribution in [2.24, 2.45) is 5.92 Å². The topological polar surface area (TPSA) is 58.6 Å². The second-order valence-corrected chi connectivity index (χ2v) is 10.2. The van der Waals surface area contributed by atoms with Crippen molar-refractivity contribution in [3.63, 3.8) is 0 Å². The molecule has 1 saturated heterocycles. The van der Waals surface area contributed by atoms with Crippen LogP contribution in [0.2, 0.25) is 0 Å². The number of carbonyl (C=O) groups is 2. The zero-order chi connectivity index (χ0) is 23.0. The lowest BCUT2D eigenvalue weighted by atomic mass is 9.52. The number of likely N-dealkylation sites (tertiary alicyclic amines) is 1. The van der Waals surface area contributed by atoms with E-state index in [2.05, 4.69) is 29.4 Å². The van der Waals surface area contributed by atoms with Crippen LogP contribution in [0.25, 0.3) is 0 Å². The summed E-state index contributed by atoms with van der Waals surface area (Å²) < 4.78 is 5.89. The van der Waals surface area contributed by atoms with Crippen LogP contribution in [-0.2, 0) is 27.8 Å². The summed E-state index contributed by atoms with van der Waals surface area (Å²) >= 11 is 0. The predicted molar refractivity (Wildman–Crippen MR) is 128 cm³/mol. The van der Waals surface area contributed by atoms with Gasteiger partial charge in [0.05, 0.1) is 0 Å². The smallest absolute Gasteiger partial charge is 0.334 e. The molecular formula is C28H34N2O3. The third-order valence-corrected chi connectivity index (χ3v) is 8.25. The minimum absolute atomic E-state index is 0.215. The first kappa shape index (κ1) is 22.1. The summed E-state index contributed by atoms with van der Waals surface area (Å²) in [6, 6.07) is 15.9. The van der Waals surface area contributed by atoms with Crippen molar-refractivity contribution in [3.05, 3.63) is 65.2 Å². The van der Waals surface area contributed by atoms with E-state index in [0.717, 1.165) is 18.5 Å². The molecule has 3 aliphatic rings. The van der Waals surface area contributed by atoms with Gasteiger partial charge in [-0.3, -0.25) is 4.79 Å². The van der Waals surface area contributed by atoms with Gasteiger partial charge in [-0.1, -0.05) is 49.2 Å². The molecule has 174 valence electrons. The van der Waals surface area contributed by atoms with E-state index in [9.17, 15) is 9.59 Å². The fraction of sp³-hybridized carbons (Fsp3) is 0.500. The van der Waals surface area contributed by atoms with Crippen molar-refractivity contribution in [3.8, 4) is 5.75 Å². The lowest BCUT2D eigenvalue weighted by molar-refractivity contribution is -0.139. The molecule has 2 aromatic carbocycles. The van der Waals surface area contributed by atoms with Gasteiger partial charge in [0.2, 0.25) is 5.91 Å². The summed E-state index contributed by atoms with van der Waals surface area (Å²) in [6.45, 7) is 2.56. The Labute approximate surface area is 196 Å². The third kappa shape index (κ3) is 4.19. The predicted octanol–water partition coefficient (Wildman–Crippen LogP) is 4.03. The molecule has 0 radical (unpaired) electrons. The zero-order valence-corrected chi connectivity index (χ0v) is 19.7. The molecule has 0 unspecified atom stereocenters. The second-order valence-electron chi connectivity index (χ2n) is 10.2. The molecule has 1 amide bonds. The Hall–Kier alpha value is -2.66. The highest BCUT2D eigenvalue weighted by atomic mass is 16.5. The number of esters is 1. The number of piperidine rings is 1. The maximum atomic E-state index is 13.1. The molecule has 1 N–H and O–H groups in total. The Morgan fingerprint density at radius 1 is 1.15 bits per heavy atom. The lowest BCUT2D eigenvalue weighted by Gasteiger charge is -2.58. The highest BCUT2D eigenvalue weighted by Crippen LogP contribution is 2.55. The molecule has 4 atom stereocenters. The quantitative estimate of drug-likeness (QED) is 0.557. The zero-order valence-electron chi connectivity index (χ0n) is 19.7. The first-order valence-electron chi connectivity index (χ1n) is 12.3. The molecule has 1 heterocycles. The third-order valence-electron chi connectivity index (χ3n) is 8.25. The molecule has 2 fully saturated rings. The van der Waals surface area contributed by atoms with Gasteiger partial charge in [-0.2, -0.15) is 0 Å². The summed E-state index contributed by atoms with van der Waals surface area (Å²) in [6.07, 6.45) is 7.78. The number of carbonyl (C=O) groups excluding carboxylic acids is 2. The average Bonchev–Trinajstić information content (AvgIpc) is 2.81. The molecule has 2 bridgehead atoms. The number of hydrogen-bond acceptors (Lipinski definition) is 4. The lowest BCUT2D eigenvalue weighted by Crippen LogP contribution is -2.59. The standard InChI is InChI=1S/C28H34N2O3/c1-19(31)29-25(16-20-8-4-3-5-9-20)27(32)33-22-12-11-21-17-26-23-10-6-7-13-28(23,24(21)18-22)14-15-30(26)2/h3-5,8-9,11-12,18,23,25-26H,6-7,10,13-17H2,1-2H3,(H,29,31)/t23-,25-,26+,28+/m1/s1. The Balaban J connectivity index is 1.41. The summed E-state index contributed by atoms with van der Waals surface area (Å²) in [5, 5.41) is 2.78. The highest BCUT2D eigenvalue weighted by Gasteiger charge is 2.53. The van der Waals surface area contributed by atoms with Crippen LogP contribution in [0, 0.1) is 5.92 Å². The largest absolute Gasteiger partial charge is 0.425 e. The number of fused-ring (bicyclic) bond motifs is 1. The van der Waals surface area contributed by atoms with E-state index in [1.165, 1.54) is 50.2 Å². The molecule has 5 nitrogen and oxygen atoms in total. The molecule has 1 saturated carbocycles. The maximum absolute atomic E-state index is 13.1. The molecule has 5 heteroatoms. The molecule has 33 heavy (non-hydrogen) atoms. The SMILES string of the molecule is CC(=O)N[C@H](Cc1ccccc1)C(=O)Oc1ccc2c(c1)[C@]13CCCC[C@@H]1[C@H](C2)N(C)CC3. The van der Waals surface area contributed by atoms with E-state index < -0.39 is 12.0 Å². The Kier molecular flexibility index (Phi) is 6.00. The minimum Gasteiger partial charge on any atom is -0.425 e. The molecule has 0 aromatic heterocycles. The van der Waals surface area contributed by atoms with Crippen LogP contribution in [0.4, 0.5) is 0 Å².